The van der Waals surface area contributed by atoms with E-state index in [1.54, 1.807) is 12.1 Å². The minimum atomic E-state index is -4.56. The number of halogens is 3. The highest BCUT2D eigenvalue weighted by atomic mass is 32.2. The van der Waals surface area contributed by atoms with Gasteiger partial charge in [-0.25, -0.2) is 0 Å². The van der Waals surface area contributed by atoms with E-state index in [-0.39, 0.29) is 10.8 Å². The summed E-state index contributed by atoms with van der Waals surface area (Å²) < 4.78 is 75.8. The molecule has 0 spiro atoms. The molecule has 2 fully saturated rings. The molecule has 0 heterocycles. The molecule has 0 saturated heterocycles. The van der Waals surface area contributed by atoms with Gasteiger partial charge in [-0.2, -0.15) is 8.42 Å². The van der Waals surface area contributed by atoms with Crippen LogP contribution in [0.2, 0.25) is 0 Å². The number of benzene rings is 2. The van der Waals surface area contributed by atoms with Crippen molar-refractivity contribution in [3.8, 4) is 11.1 Å². The predicted molar refractivity (Wildman–Crippen MR) is 124 cm³/mol. The zero-order valence-corrected chi connectivity index (χ0v) is 20.0. The summed E-state index contributed by atoms with van der Waals surface area (Å²) in [7, 11) is -4.39. The van der Waals surface area contributed by atoms with Gasteiger partial charge in [-0.1, -0.05) is 42.0 Å². The largest absolute Gasteiger partial charge is 0.522 e. The summed E-state index contributed by atoms with van der Waals surface area (Å²) in [4.78, 5) is -0.0704. The summed E-state index contributed by atoms with van der Waals surface area (Å²) in [6.07, 6.45) is 0.871. The molecule has 0 bridgehead atoms. The molecule has 2 aromatic rings. The monoisotopic (exact) mass is 496 g/mol. The SMILES string of the molecule is Cc1ccc(-c2ccc(C3CCC(C4CCC(OC(F)(F)F)CC4)CC3)cc2S(=O)(=O)O)cc1. The van der Waals surface area contributed by atoms with Crippen molar-refractivity contribution in [3.63, 3.8) is 0 Å². The second-order valence-corrected chi connectivity index (χ2v) is 11.2. The topological polar surface area (TPSA) is 63.6 Å². The van der Waals surface area contributed by atoms with Crippen LogP contribution in [0.3, 0.4) is 0 Å². The quantitative estimate of drug-likeness (QED) is 0.442. The Morgan fingerprint density at radius 3 is 1.94 bits per heavy atom. The zero-order chi connectivity index (χ0) is 24.5. The highest BCUT2D eigenvalue weighted by molar-refractivity contribution is 7.86. The molecule has 0 radical (unpaired) electrons. The average molecular weight is 497 g/mol. The van der Waals surface area contributed by atoms with Gasteiger partial charge in [-0.15, -0.1) is 13.2 Å². The van der Waals surface area contributed by atoms with E-state index in [0.29, 0.717) is 30.2 Å². The van der Waals surface area contributed by atoms with Crippen LogP contribution in [-0.2, 0) is 14.9 Å². The molecule has 4 nitrogen and oxygen atoms in total. The Balaban J connectivity index is 1.41. The molecule has 186 valence electrons. The summed E-state index contributed by atoms with van der Waals surface area (Å²) in [5.41, 5.74) is 3.19. The Hall–Kier alpha value is -1.90. The minimum Gasteiger partial charge on any atom is -0.289 e. The summed E-state index contributed by atoms with van der Waals surface area (Å²) in [6, 6.07) is 12.8. The van der Waals surface area contributed by atoms with E-state index in [2.05, 4.69) is 4.74 Å². The van der Waals surface area contributed by atoms with E-state index in [1.807, 2.05) is 37.3 Å². The van der Waals surface area contributed by atoms with E-state index < -0.39 is 22.6 Å². The Kier molecular flexibility index (Phi) is 7.41. The lowest BCUT2D eigenvalue weighted by Gasteiger charge is -2.38. The van der Waals surface area contributed by atoms with Crippen molar-refractivity contribution in [1.82, 2.24) is 0 Å². The standard InChI is InChI=1S/C26H31F3O4S/c1-17-2-4-21(5-3-17)24-15-12-22(16-25(24)34(30,31)32)20-8-6-18(7-9-20)19-10-13-23(14-11-19)33-26(27,28)29/h2-5,12,15-16,18-20,23H,6-11,13-14H2,1H3,(H,30,31,32). The van der Waals surface area contributed by atoms with Gasteiger partial charge in [-0.3, -0.25) is 9.29 Å². The van der Waals surface area contributed by atoms with E-state index in [0.717, 1.165) is 55.2 Å². The number of rotatable bonds is 5. The van der Waals surface area contributed by atoms with E-state index >= 15 is 0 Å². The maximum atomic E-state index is 12.5. The van der Waals surface area contributed by atoms with Crippen LogP contribution in [0.15, 0.2) is 47.4 Å². The molecule has 4 rings (SSSR count). The Morgan fingerprint density at radius 1 is 0.853 bits per heavy atom. The van der Waals surface area contributed by atoms with Crippen LogP contribution in [0.25, 0.3) is 11.1 Å². The van der Waals surface area contributed by atoms with Crippen molar-refractivity contribution in [2.75, 3.05) is 0 Å². The van der Waals surface area contributed by atoms with Crippen LogP contribution in [-0.4, -0.2) is 25.4 Å². The number of hydrogen-bond acceptors (Lipinski definition) is 3. The minimum absolute atomic E-state index is 0.0704. The van der Waals surface area contributed by atoms with Gasteiger partial charge < -0.3 is 0 Å². The zero-order valence-electron chi connectivity index (χ0n) is 19.2. The lowest BCUT2D eigenvalue weighted by molar-refractivity contribution is -0.346. The molecule has 0 aliphatic heterocycles. The molecule has 1 N–H and O–H groups in total. The van der Waals surface area contributed by atoms with E-state index in [1.165, 1.54) is 0 Å². The molecule has 2 saturated carbocycles. The molecule has 0 aromatic heterocycles. The van der Waals surface area contributed by atoms with Gasteiger partial charge >= 0.3 is 6.36 Å². The number of ether oxygens (including phenoxy) is 1. The first-order valence-electron chi connectivity index (χ1n) is 11.9. The first-order valence-corrected chi connectivity index (χ1v) is 13.4. The van der Waals surface area contributed by atoms with Gasteiger partial charge in [0.1, 0.15) is 4.90 Å². The second kappa shape index (κ2) is 9.99. The fourth-order valence-corrected chi connectivity index (χ4v) is 6.52. The molecule has 2 aromatic carbocycles. The third-order valence-electron chi connectivity index (χ3n) is 7.58. The van der Waals surface area contributed by atoms with Crippen molar-refractivity contribution in [2.45, 2.75) is 81.6 Å². The van der Waals surface area contributed by atoms with Crippen molar-refractivity contribution in [3.05, 3.63) is 53.6 Å². The number of aryl methyl sites for hydroxylation is 1. The van der Waals surface area contributed by atoms with Crippen LogP contribution >= 0.6 is 0 Å². The van der Waals surface area contributed by atoms with Crippen molar-refractivity contribution >= 4 is 10.1 Å². The predicted octanol–water partition coefficient (Wildman–Crippen LogP) is 7.28. The maximum Gasteiger partial charge on any atom is 0.522 e. The van der Waals surface area contributed by atoms with Crippen LogP contribution in [0.1, 0.15) is 68.4 Å². The molecule has 0 atom stereocenters. The normalized spacial score (nSPS) is 26.4. The molecule has 34 heavy (non-hydrogen) atoms. The smallest absolute Gasteiger partial charge is 0.289 e. The van der Waals surface area contributed by atoms with Gasteiger partial charge in [0.25, 0.3) is 10.1 Å². The fourth-order valence-electron chi connectivity index (χ4n) is 5.77. The first-order chi connectivity index (χ1) is 16.0. The second-order valence-electron chi connectivity index (χ2n) is 9.81. The number of alkyl halides is 3. The maximum absolute atomic E-state index is 12.5. The average Bonchev–Trinajstić information content (AvgIpc) is 2.78. The van der Waals surface area contributed by atoms with Gasteiger partial charge in [0.05, 0.1) is 6.10 Å². The van der Waals surface area contributed by atoms with Gasteiger partial charge in [0, 0.05) is 5.56 Å². The summed E-state index contributed by atoms with van der Waals surface area (Å²) in [6.45, 7) is 1.95. The van der Waals surface area contributed by atoms with Gasteiger partial charge in [-0.05, 0) is 93.2 Å². The van der Waals surface area contributed by atoms with E-state index in [9.17, 15) is 26.1 Å². The Morgan fingerprint density at radius 2 is 1.41 bits per heavy atom. The molecule has 2 aliphatic carbocycles. The lowest BCUT2D eigenvalue weighted by Crippen LogP contribution is -2.31. The first kappa shape index (κ1) is 25.2. The van der Waals surface area contributed by atoms with Crippen LogP contribution < -0.4 is 0 Å². The third-order valence-corrected chi connectivity index (χ3v) is 8.47. The number of hydrogen-bond donors (Lipinski definition) is 1. The van der Waals surface area contributed by atoms with Crippen molar-refractivity contribution < 1.29 is 30.9 Å². The molecule has 0 amide bonds. The molecule has 2 aliphatic rings. The van der Waals surface area contributed by atoms with E-state index in [4.69, 9.17) is 0 Å². The summed E-state index contributed by atoms with van der Waals surface area (Å²) in [5, 5.41) is 0. The Bertz CT molecular complexity index is 1080. The molecule has 8 heteroatoms. The molecule has 0 unspecified atom stereocenters. The fraction of sp³-hybridized carbons (Fsp3) is 0.538. The van der Waals surface area contributed by atoms with Crippen LogP contribution in [0, 0.1) is 18.8 Å². The summed E-state index contributed by atoms with van der Waals surface area (Å²) in [5.74, 6) is 1.11. The third kappa shape index (κ3) is 6.20. The highest BCUT2D eigenvalue weighted by Crippen LogP contribution is 2.44. The molecular formula is C26H31F3O4S. The summed E-state index contributed by atoms with van der Waals surface area (Å²) >= 11 is 0. The lowest BCUT2D eigenvalue weighted by atomic mass is 9.69. The molecular weight excluding hydrogens is 465 g/mol. The van der Waals surface area contributed by atoms with Gasteiger partial charge in [0.15, 0.2) is 0 Å². The van der Waals surface area contributed by atoms with Crippen molar-refractivity contribution in [2.24, 2.45) is 11.8 Å². The van der Waals surface area contributed by atoms with Crippen LogP contribution in [0.5, 0.6) is 0 Å². The highest BCUT2D eigenvalue weighted by Gasteiger charge is 2.37. The van der Waals surface area contributed by atoms with Crippen molar-refractivity contribution in [1.29, 1.82) is 0 Å². The Labute approximate surface area is 199 Å². The van der Waals surface area contributed by atoms with Crippen LogP contribution in [0.4, 0.5) is 13.2 Å². The van der Waals surface area contributed by atoms with Gasteiger partial charge in [0.2, 0.25) is 0 Å².